The first-order valence-electron chi connectivity index (χ1n) is 12.3. The molecule has 0 bridgehead atoms. The molecule has 2 amide bonds. The van der Waals surface area contributed by atoms with Gasteiger partial charge in [-0.15, -0.1) is 0 Å². The lowest BCUT2D eigenvalue weighted by Crippen LogP contribution is -2.52. The van der Waals surface area contributed by atoms with Crippen LogP contribution in [-0.4, -0.2) is 92.0 Å². The lowest BCUT2D eigenvalue weighted by Gasteiger charge is -2.38. The highest BCUT2D eigenvalue weighted by Gasteiger charge is 2.28. The van der Waals surface area contributed by atoms with Gasteiger partial charge in [-0.05, 0) is 43.2 Å². The quantitative estimate of drug-likeness (QED) is 0.734. The van der Waals surface area contributed by atoms with Crippen molar-refractivity contribution >= 4 is 23.2 Å². The van der Waals surface area contributed by atoms with Gasteiger partial charge in [0, 0.05) is 52.4 Å². The van der Waals surface area contributed by atoms with E-state index < -0.39 is 0 Å². The Morgan fingerprint density at radius 1 is 0.875 bits per heavy atom. The van der Waals surface area contributed by atoms with Crippen LogP contribution in [0.25, 0.3) is 0 Å². The molecule has 0 spiro atoms. The van der Waals surface area contributed by atoms with Gasteiger partial charge in [-0.3, -0.25) is 19.4 Å². The fourth-order valence-corrected chi connectivity index (χ4v) is 5.47. The zero-order chi connectivity index (χ0) is 22.5. The number of hydrogen-bond acceptors (Lipinski definition) is 5. The highest BCUT2D eigenvalue weighted by atomic mass is 16.2. The van der Waals surface area contributed by atoms with Crippen LogP contribution in [0.1, 0.15) is 33.1 Å². The molecule has 3 aliphatic rings. The number of hydrogen-bond donors (Lipinski definition) is 1. The predicted octanol–water partition coefficient (Wildman–Crippen LogP) is 2.35. The number of likely N-dealkylation sites (tertiary alicyclic amines) is 1. The van der Waals surface area contributed by atoms with E-state index in [-0.39, 0.29) is 11.8 Å². The molecule has 4 rings (SSSR count). The van der Waals surface area contributed by atoms with Crippen molar-refractivity contribution in [2.75, 3.05) is 75.7 Å². The number of benzene rings is 1. The van der Waals surface area contributed by atoms with Gasteiger partial charge in [0.05, 0.1) is 24.5 Å². The largest absolute Gasteiger partial charge is 0.370 e. The van der Waals surface area contributed by atoms with E-state index in [0.717, 1.165) is 63.7 Å². The van der Waals surface area contributed by atoms with E-state index >= 15 is 0 Å². The minimum atomic E-state index is 0.0393. The van der Waals surface area contributed by atoms with Crippen molar-refractivity contribution in [1.29, 1.82) is 0 Å². The Morgan fingerprint density at radius 3 is 2.12 bits per heavy atom. The molecule has 176 valence electrons. The molecule has 0 radical (unpaired) electrons. The number of amides is 2. The van der Waals surface area contributed by atoms with Gasteiger partial charge in [-0.1, -0.05) is 26.0 Å². The summed E-state index contributed by atoms with van der Waals surface area (Å²) in [5.41, 5.74) is 2.04. The highest BCUT2D eigenvalue weighted by Crippen LogP contribution is 2.28. The number of rotatable bonds is 6. The van der Waals surface area contributed by atoms with Crippen LogP contribution in [0.5, 0.6) is 0 Å². The zero-order valence-corrected chi connectivity index (χ0v) is 19.8. The molecule has 1 aromatic carbocycles. The van der Waals surface area contributed by atoms with Gasteiger partial charge in [0.15, 0.2) is 0 Å². The Hall–Kier alpha value is -2.12. The molecular weight excluding hydrogens is 402 g/mol. The second kappa shape index (κ2) is 10.7. The van der Waals surface area contributed by atoms with Crippen LogP contribution in [0.15, 0.2) is 24.3 Å². The standard InChI is InChI=1S/C25H39N5O2/c1-20-15-21(2)17-30(16-20)25(32)19-28-13-11-27(12-14-28)18-24(31)26-22-7-3-4-8-23(22)29-9-5-6-10-29/h3-4,7-8,20-21H,5-6,9-19H2,1-2H3,(H,26,31)/t20-,21-/m0/s1. The van der Waals surface area contributed by atoms with Gasteiger partial charge in [0.25, 0.3) is 0 Å². The first-order valence-corrected chi connectivity index (χ1v) is 12.3. The van der Waals surface area contributed by atoms with Gasteiger partial charge in [-0.25, -0.2) is 0 Å². The van der Waals surface area contributed by atoms with Gasteiger partial charge >= 0.3 is 0 Å². The molecule has 2 atom stereocenters. The summed E-state index contributed by atoms with van der Waals surface area (Å²) in [7, 11) is 0. The minimum Gasteiger partial charge on any atom is -0.370 e. The number of carbonyl (C=O) groups is 2. The summed E-state index contributed by atoms with van der Waals surface area (Å²) in [4.78, 5) is 34.3. The molecule has 0 aromatic heterocycles. The molecule has 0 saturated carbocycles. The van der Waals surface area contributed by atoms with Gasteiger partial charge in [-0.2, -0.15) is 0 Å². The van der Waals surface area contributed by atoms with Crippen LogP contribution in [0.2, 0.25) is 0 Å². The third kappa shape index (κ3) is 6.01. The molecule has 32 heavy (non-hydrogen) atoms. The lowest BCUT2D eigenvalue weighted by molar-refractivity contribution is -0.135. The molecule has 7 heteroatoms. The first-order chi connectivity index (χ1) is 15.5. The maximum Gasteiger partial charge on any atom is 0.238 e. The Balaban J connectivity index is 1.21. The van der Waals surface area contributed by atoms with E-state index in [1.165, 1.54) is 19.3 Å². The average Bonchev–Trinajstić information content (AvgIpc) is 3.29. The Labute approximate surface area is 192 Å². The van der Waals surface area contributed by atoms with Crippen LogP contribution < -0.4 is 10.2 Å². The summed E-state index contributed by atoms with van der Waals surface area (Å²) < 4.78 is 0. The maximum atomic E-state index is 12.8. The fraction of sp³-hybridized carbons (Fsp3) is 0.680. The van der Waals surface area contributed by atoms with E-state index in [4.69, 9.17) is 0 Å². The minimum absolute atomic E-state index is 0.0393. The molecule has 7 nitrogen and oxygen atoms in total. The topological polar surface area (TPSA) is 59.1 Å². The Morgan fingerprint density at radius 2 is 1.47 bits per heavy atom. The molecule has 1 aromatic rings. The Kier molecular flexibility index (Phi) is 7.68. The number of piperidine rings is 1. The fourth-order valence-electron chi connectivity index (χ4n) is 5.47. The van der Waals surface area contributed by atoms with Crippen molar-refractivity contribution in [2.45, 2.75) is 33.1 Å². The van der Waals surface area contributed by atoms with Gasteiger partial charge in [0.2, 0.25) is 11.8 Å². The number of piperazine rings is 1. The van der Waals surface area contributed by atoms with Crippen molar-refractivity contribution in [3.63, 3.8) is 0 Å². The smallest absolute Gasteiger partial charge is 0.238 e. The van der Waals surface area contributed by atoms with Crippen molar-refractivity contribution in [3.05, 3.63) is 24.3 Å². The molecule has 3 fully saturated rings. The van der Waals surface area contributed by atoms with E-state index in [2.05, 4.69) is 44.8 Å². The molecule has 0 aliphatic carbocycles. The SMILES string of the molecule is C[C@H]1C[C@H](C)CN(C(=O)CN2CCN(CC(=O)Nc3ccccc3N3CCCC3)CC2)C1. The van der Waals surface area contributed by atoms with E-state index in [1.54, 1.807) is 0 Å². The summed E-state index contributed by atoms with van der Waals surface area (Å²) in [6.07, 6.45) is 3.64. The number of anilines is 2. The summed E-state index contributed by atoms with van der Waals surface area (Å²) >= 11 is 0. The third-order valence-electron chi connectivity index (χ3n) is 7.04. The number of carbonyl (C=O) groups excluding carboxylic acids is 2. The predicted molar refractivity (Wildman–Crippen MR) is 129 cm³/mol. The van der Waals surface area contributed by atoms with Crippen LogP contribution in [0, 0.1) is 11.8 Å². The number of nitrogens with zero attached hydrogens (tertiary/aromatic N) is 4. The van der Waals surface area contributed by atoms with Crippen molar-refractivity contribution in [3.8, 4) is 0 Å². The van der Waals surface area contributed by atoms with Crippen LogP contribution >= 0.6 is 0 Å². The molecule has 3 saturated heterocycles. The second-order valence-electron chi connectivity index (χ2n) is 10.1. The average molecular weight is 442 g/mol. The third-order valence-corrected chi connectivity index (χ3v) is 7.04. The van der Waals surface area contributed by atoms with Gasteiger partial charge in [0.1, 0.15) is 0 Å². The maximum absolute atomic E-state index is 12.8. The van der Waals surface area contributed by atoms with Crippen molar-refractivity contribution in [1.82, 2.24) is 14.7 Å². The van der Waals surface area contributed by atoms with E-state index in [0.29, 0.717) is 24.9 Å². The molecule has 1 N–H and O–H groups in total. The highest BCUT2D eigenvalue weighted by molar-refractivity contribution is 5.95. The van der Waals surface area contributed by atoms with Crippen LogP contribution in [0.3, 0.4) is 0 Å². The van der Waals surface area contributed by atoms with E-state index in [1.807, 2.05) is 18.2 Å². The summed E-state index contributed by atoms with van der Waals surface area (Å²) in [6.45, 7) is 12.6. The normalized spacial score (nSPS) is 25.2. The summed E-state index contributed by atoms with van der Waals surface area (Å²) in [5.74, 6) is 1.48. The van der Waals surface area contributed by atoms with Crippen molar-refractivity contribution < 1.29 is 9.59 Å². The second-order valence-corrected chi connectivity index (χ2v) is 10.1. The zero-order valence-electron chi connectivity index (χ0n) is 19.8. The van der Waals surface area contributed by atoms with E-state index in [9.17, 15) is 9.59 Å². The molecule has 3 heterocycles. The molecule has 3 aliphatic heterocycles. The van der Waals surface area contributed by atoms with Gasteiger partial charge < -0.3 is 15.1 Å². The summed E-state index contributed by atoms with van der Waals surface area (Å²) in [5, 5.41) is 3.13. The lowest BCUT2D eigenvalue weighted by atomic mass is 9.92. The first kappa shape index (κ1) is 23.1. The molecule has 0 unspecified atom stereocenters. The monoisotopic (exact) mass is 441 g/mol. The number of nitrogens with one attached hydrogen (secondary N) is 1. The Bertz CT molecular complexity index is 776. The summed E-state index contributed by atoms with van der Waals surface area (Å²) in [6, 6.07) is 8.11. The van der Waals surface area contributed by atoms with Crippen LogP contribution in [0.4, 0.5) is 11.4 Å². The van der Waals surface area contributed by atoms with Crippen LogP contribution in [-0.2, 0) is 9.59 Å². The molecular formula is C25H39N5O2. The number of para-hydroxylation sites is 2. The van der Waals surface area contributed by atoms with Crippen molar-refractivity contribution in [2.24, 2.45) is 11.8 Å².